The molecule has 3 atom stereocenters. The Balaban J connectivity index is 1.84. The summed E-state index contributed by atoms with van der Waals surface area (Å²) in [4.78, 5) is 5.11. The van der Waals surface area contributed by atoms with E-state index in [4.69, 9.17) is 0 Å². The van der Waals surface area contributed by atoms with Crippen LogP contribution >= 0.6 is 0 Å². The van der Waals surface area contributed by atoms with E-state index >= 15 is 0 Å². The fourth-order valence-electron chi connectivity index (χ4n) is 3.24. The fourth-order valence-corrected chi connectivity index (χ4v) is 3.24. The number of hydrogen-bond acceptors (Lipinski definition) is 3. The van der Waals surface area contributed by atoms with E-state index < -0.39 is 0 Å². The molecular weight excluding hydrogens is 198 g/mol. The minimum Gasteiger partial charge on any atom is -0.315 e. The number of likely N-dealkylation sites (N-methyl/N-ethyl adjacent to an activating group) is 2. The molecule has 2 heterocycles. The first-order valence-corrected chi connectivity index (χ1v) is 6.79. The Morgan fingerprint density at radius 3 is 2.81 bits per heavy atom. The summed E-state index contributed by atoms with van der Waals surface area (Å²) < 4.78 is 0. The van der Waals surface area contributed by atoms with Crippen LogP contribution in [0.25, 0.3) is 0 Å². The van der Waals surface area contributed by atoms with Crippen LogP contribution in [0, 0.1) is 5.92 Å². The Labute approximate surface area is 100 Å². The van der Waals surface area contributed by atoms with E-state index in [2.05, 4.69) is 36.1 Å². The van der Waals surface area contributed by atoms with Crippen molar-refractivity contribution in [1.29, 1.82) is 0 Å². The van der Waals surface area contributed by atoms with Gasteiger partial charge in [0.15, 0.2) is 0 Å². The minimum absolute atomic E-state index is 0.739. The molecule has 16 heavy (non-hydrogen) atoms. The molecule has 3 unspecified atom stereocenters. The lowest BCUT2D eigenvalue weighted by atomic mass is 9.93. The summed E-state index contributed by atoms with van der Waals surface area (Å²) in [7, 11) is 4.58. The minimum atomic E-state index is 0.739. The summed E-state index contributed by atoms with van der Waals surface area (Å²) in [6, 6.07) is 1.53. The van der Waals surface area contributed by atoms with Crippen molar-refractivity contribution in [2.45, 2.75) is 38.3 Å². The van der Waals surface area contributed by atoms with E-state index in [0.29, 0.717) is 0 Å². The van der Waals surface area contributed by atoms with Gasteiger partial charge in [0, 0.05) is 25.2 Å². The van der Waals surface area contributed by atoms with E-state index in [-0.39, 0.29) is 0 Å². The van der Waals surface area contributed by atoms with E-state index in [1.807, 2.05) is 0 Å². The molecule has 3 heteroatoms. The van der Waals surface area contributed by atoms with Crippen LogP contribution in [0.2, 0.25) is 0 Å². The van der Waals surface area contributed by atoms with Gasteiger partial charge in [0.05, 0.1) is 0 Å². The van der Waals surface area contributed by atoms with E-state index in [1.165, 1.54) is 45.4 Å². The van der Waals surface area contributed by atoms with Gasteiger partial charge < -0.3 is 15.1 Å². The predicted octanol–water partition coefficient (Wildman–Crippen LogP) is 1.01. The van der Waals surface area contributed by atoms with Crippen molar-refractivity contribution in [2.24, 2.45) is 5.92 Å². The van der Waals surface area contributed by atoms with Gasteiger partial charge in [-0.15, -0.1) is 0 Å². The third kappa shape index (κ3) is 2.76. The van der Waals surface area contributed by atoms with Crippen molar-refractivity contribution >= 4 is 0 Å². The summed E-state index contributed by atoms with van der Waals surface area (Å²) in [6.07, 6.45) is 4.10. The molecule has 0 aliphatic carbocycles. The molecule has 2 aliphatic rings. The zero-order chi connectivity index (χ0) is 11.5. The SMILES string of the molecule is CC1CCNCC1N(C)CC1CCCN1C. The van der Waals surface area contributed by atoms with Crippen LogP contribution in [0.15, 0.2) is 0 Å². The Kier molecular flexibility index (Phi) is 4.22. The van der Waals surface area contributed by atoms with Gasteiger partial charge in [-0.2, -0.15) is 0 Å². The third-order valence-electron chi connectivity index (χ3n) is 4.52. The fraction of sp³-hybridized carbons (Fsp3) is 1.00. The molecule has 2 rings (SSSR count). The van der Waals surface area contributed by atoms with E-state index in [9.17, 15) is 0 Å². The van der Waals surface area contributed by atoms with E-state index in [1.54, 1.807) is 0 Å². The van der Waals surface area contributed by atoms with Gasteiger partial charge in [-0.3, -0.25) is 0 Å². The molecule has 0 radical (unpaired) electrons. The normalized spacial score (nSPS) is 37.1. The molecule has 1 N–H and O–H groups in total. The van der Waals surface area contributed by atoms with Crippen LogP contribution in [0.3, 0.4) is 0 Å². The second-order valence-electron chi connectivity index (χ2n) is 5.75. The maximum Gasteiger partial charge on any atom is 0.0244 e. The molecule has 2 aliphatic heterocycles. The maximum absolute atomic E-state index is 3.53. The Bertz CT molecular complexity index is 219. The first kappa shape index (κ1) is 12.3. The summed E-state index contributed by atoms with van der Waals surface area (Å²) in [5.74, 6) is 0.845. The summed E-state index contributed by atoms with van der Waals surface area (Å²) in [5, 5.41) is 3.53. The first-order valence-electron chi connectivity index (χ1n) is 6.79. The topological polar surface area (TPSA) is 18.5 Å². The molecule has 0 amide bonds. The number of piperidine rings is 1. The lowest BCUT2D eigenvalue weighted by molar-refractivity contribution is 0.121. The van der Waals surface area contributed by atoms with Gasteiger partial charge >= 0.3 is 0 Å². The molecule has 0 aromatic carbocycles. The number of nitrogens with zero attached hydrogens (tertiary/aromatic N) is 2. The van der Waals surface area contributed by atoms with Gasteiger partial charge in [-0.25, -0.2) is 0 Å². The zero-order valence-corrected chi connectivity index (χ0v) is 11.1. The highest BCUT2D eigenvalue weighted by molar-refractivity contribution is 4.86. The second kappa shape index (κ2) is 5.48. The number of hydrogen-bond donors (Lipinski definition) is 1. The van der Waals surface area contributed by atoms with Crippen molar-refractivity contribution < 1.29 is 0 Å². The maximum atomic E-state index is 3.53. The summed E-state index contributed by atoms with van der Waals surface area (Å²) >= 11 is 0. The molecule has 0 saturated carbocycles. The molecule has 3 nitrogen and oxygen atoms in total. The highest BCUT2D eigenvalue weighted by Crippen LogP contribution is 2.20. The Morgan fingerprint density at radius 2 is 2.19 bits per heavy atom. The van der Waals surface area contributed by atoms with Crippen molar-refractivity contribution in [2.75, 3.05) is 40.3 Å². The molecular formula is C13H27N3. The Morgan fingerprint density at radius 1 is 1.38 bits per heavy atom. The largest absolute Gasteiger partial charge is 0.315 e. The van der Waals surface area contributed by atoms with Gasteiger partial charge in [0.2, 0.25) is 0 Å². The molecule has 0 spiro atoms. The quantitative estimate of drug-likeness (QED) is 0.773. The number of rotatable bonds is 3. The van der Waals surface area contributed by atoms with Crippen molar-refractivity contribution in [1.82, 2.24) is 15.1 Å². The van der Waals surface area contributed by atoms with Gasteiger partial charge in [0.25, 0.3) is 0 Å². The average Bonchev–Trinajstić information content (AvgIpc) is 2.65. The second-order valence-corrected chi connectivity index (χ2v) is 5.75. The smallest absolute Gasteiger partial charge is 0.0244 e. The summed E-state index contributed by atoms with van der Waals surface area (Å²) in [6.45, 7) is 7.31. The van der Waals surface area contributed by atoms with Crippen LogP contribution in [0.4, 0.5) is 0 Å². The van der Waals surface area contributed by atoms with Crippen LogP contribution < -0.4 is 5.32 Å². The van der Waals surface area contributed by atoms with Gasteiger partial charge in [-0.1, -0.05) is 6.92 Å². The monoisotopic (exact) mass is 225 g/mol. The van der Waals surface area contributed by atoms with Crippen LogP contribution in [0.1, 0.15) is 26.2 Å². The molecule has 0 aromatic heterocycles. The molecule has 0 aromatic rings. The number of nitrogens with one attached hydrogen (secondary N) is 1. The standard InChI is InChI=1S/C13H27N3/c1-11-6-7-14-9-13(11)16(3)10-12-5-4-8-15(12)2/h11-14H,4-10H2,1-3H3. The van der Waals surface area contributed by atoms with Gasteiger partial charge in [-0.05, 0) is 52.4 Å². The highest BCUT2D eigenvalue weighted by Gasteiger charge is 2.28. The Hall–Kier alpha value is -0.120. The highest BCUT2D eigenvalue weighted by atomic mass is 15.2. The van der Waals surface area contributed by atoms with Crippen LogP contribution in [0.5, 0.6) is 0 Å². The molecule has 2 saturated heterocycles. The summed E-state index contributed by atoms with van der Waals surface area (Å²) in [5.41, 5.74) is 0. The van der Waals surface area contributed by atoms with E-state index in [0.717, 1.165) is 18.0 Å². The van der Waals surface area contributed by atoms with Crippen LogP contribution in [-0.4, -0.2) is 62.2 Å². The first-order chi connectivity index (χ1) is 7.68. The van der Waals surface area contributed by atoms with Crippen molar-refractivity contribution in [3.8, 4) is 0 Å². The predicted molar refractivity (Wildman–Crippen MR) is 68.7 cm³/mol. The van der Waals surface area contributed by atoms with Gasteiger partial charge in [0.1, 0.15) is 0 Å². The molecule has 2 fully saturated rings. The third-order valence-corrected chi connectivity index (χ3v) is 4.52. The zero-order valence-electron chi connectivity index (χ0n) is 11.1. The van der Waals surface area contributed by atoms with Crippen molar-refractivity contribution in [3.63, 3.8) is 0 Å². The molecule has 0 bridgehead atoms. The molecule has 94 valence electrons. The average molecular weight is 225 g/mol. The van der Waals surface area contributed by atoms with Crippen molar-refractivity contribution in [3.05, 3.63) is 0 Å². The number of likely N-dealkylation sites (tertiary alicyclic amines) is 1. The van der Waals surface area contributed by atoms with Crippen LogP contribution in [-0.2, 0) is 0 Å². The lowest BCUT2D eigenvalue weighted by Gasteiger charge is -2.38. The lowest BCUT2D eigenvalue weighted by Crippen LogP contribution is -2.51.